The molecular formula is C19H21ClN2O7S2. The number of piperidine rings is 1. The van der Waals surface area contributed by atoms with Gasteiger partial charge in [0.25, 0.3) is 0 Å². The van der Waals surface area contributed by atoms with E-state index >= 15 is 0 Å². The number of carboxylic acids is 2. The van der Waals surface area contributed by atoms with Gasteiger partial charge in [0, 0.05) is 24.8 Å². The summed E-state index contributed by atoms with van der Waals surface area (Å²) in [5.41, 5.74) is 1.44. The molecule has 168 valence electrons. The molecule has 0 atom stereocenters. The number of benzene rings is 1. The highest BCUT2D eigenvalue weighted by Crippen LogP contribution is 2.46. The molecule has 0 aliphatic carbocycles. The fraction of sp³-hybridized carbons (Fsp3) is 0.368. The minimum atomic E-state index is -3.19. The lowest BCUT2D eigenvalue weighted by molar-refractivity contribution is -0.139. The molecule has 2 aromatic rings. The van der Waals surface area contributed by atoms with Crippen molar-refractivity contribution in [2.24, 2.45) is 0 Å². The third-order valence-electron chi connectivity index (χ3n) is 4.76. The molecule has 0 radical (unpaired) electrons. The molecule has 9 nitrogen and oxygen atoms in total. The molecule has 3 N–H and O–H groups in total. The molecule has 12 heteroatoms. The summed E-state index contributed by atoms with van der Waals surface area (Å²) < 4.78 is 29.9. The minimum Gasteiger partial charge on any atom is -0.479 e. The van der Waals surface area contributed by atoms with Gasteiger partial charge in [-0.25, -0.2) is 22.3 Å². The summed E-state index contributed by atoms with van der Waals surface area (Å²) >= 11 is 7.25. The Kier molecular flexibility index (Phi) is 7.10. The van der Waals surface area contributed by atoms with Crippen molar-refractivity contribution in [1.82, 2.24) is 4.31 Å². The maximum Gasteiger partial charge on any atom is 0.349 e. The van der Waals surface area contributed by atoms with Gasteiger partial charge in [0.05, 0.1) is 11.1 Å². The first-order valence-corrected chi connectivity index (χ1v) is 12.3. The molecule has 1 aromatic heterocycles. The number of ether oxygens (including phenoxy) is 1. The predicted octanol–water partition coefficient (Wildman–Crippen LogP) is 3.07. The molecule has 31 heavy (non-hydrogen) atoms. The lowest BCUT2D eigenvalue weighted by Crippen LogP contribution is -2.41. The van der Waals surface area contributed by atoms with E-state index in [2.05, 4.69) is 5.32 Å². The summed E-state index contributed by atoms with van der Waals surface area (Å²) in [6.07, 6.45) is 2.52. The Hall–Kier alpha value is -2.34. The van der Waals surface area contributed by atoms with Crippen LogP contribution in [0.5, 0.6) is 5.75 Å². The van der Waals surface area contributed by atoms with Crippen molar-refractivity contribution in [3.8, 4) is 16.2 Å². The molecule has 1 aliphatic rings. The van der Waals surface area contributed by atoms with Gasteiger partial charge in [0.2, 0.25) is 10.0 Å². The largest absolute Gasteiger partial charge is 0.479 e. The van der Waals surface area contributed by atoms with Crippen LogP contribution in [0.15, 0.2) is 24.3 Å². The highest BCUT2D eigenvalue weighted by Gasteiger charge is 2.26. The van der Waals surface area contributed by atoms with E-state index < -0.39 is 28.6 Å². The van der Waals surface area contributed by atoms with E-state index in [9.17, 15) is 23.1 Å². The van der Waals surface area contributed by atoms with Crippen LogP contribution in [0.25, 0.3) is 10.4 Å². The number of aromatic carboxylic acids is 1. The van der Waals surface area contributed by atoms with Gasteiger partial charge < -0.3 is 20.3 Å². The first-order valence-electron chi connectivity index (χ1n) is 9.28. The molecule has 0 spiro atoms. The summed E-state index contributed by atoms with van der Waals surface area (Å²) in [7, 11) is -3.19. The topological polar surface area (TPSA) is 133 Å². The second-order valence-corrected chi connectivity index (χ2v) is 10.4. The Balaban J connectivity index is 1.79. The zero-order valence-corrected chi connectivity index (χ0v) is 18.9. The van der Waals surface area contributed by atoms with Gasteiger partial charge in [-0.05, 0) is 30.5 Å². The molecule has 0 bridgehead atoms. The zero-order chi connectivity index (χ0) is 22.8. The highest BCUT2D eigenvalue weighted by atomic mass is 35.5. The number of nitrogens with zero attached hydrogens (tertiary/aromatic N) is 1. The molecule has 0 amide bonds. The van der Waals surface area contributed by atoms with Gasteiger partial charge in [-0.3, -0.25) is 0 Å². The van der Waals surface area contributed by atoms with Crippen LogP contribution in [0.3, 0.4) is 0 Å². The Labute approximate surface area is 188 Å². The monoisotopic (exact) mass is 488 g/mol. The van der Waals surface area contributed by atoms with Gasteiger partial charge in [-0.2, -0.15) is 0 Å². The Morgan fingerprint density at radius 1 is 1.29 bits per heavy atom. The van der Waals surface area contributed by atoms with E-state index in [-0.39, 0.29) is 21.7 Å². The van der Waals surface area contributed by atoms with Crippen LogP contribution in [0.1, 0.15) is 22.5 Å². The Morgan fingerprint density at radius 3 is 2.55 bits per heavy atom. The van der Waals surface area contributed by atoms with E-state index in [1.54, 1.807) is 12.1 Å². The summed E-state index contributed by atoms with van der Waals surface area (Å²) in [4.78, 5) is 22.6. The number of hydrogen-bond donors (Lipinski definition) is 3. The first kappa shape index (κ1) is 23.3. The summed E-state index contributed by atoms with van der Waals surface area (Å²) in [6.45, 7) is 0.183. The lowest BCUT2D eigenvalue weighted by Gasteiger charge is -2.31. The third kappa shape index (κ3) is 5.67. The summed E-state index contributed by atoms with van der Waals surface area (Å²) in [5, 5.41) is 21.7. The summed E-state index contributed by atoms with van der Waals surface area (Å²) in [6, 6.07) is 7.32. The maximum absolute atomic E-state index is 11.7. The van der Waals surface area contributed by atoms with Crippen LogP contribution >= 0.6 is 22.9 Å². The molecule has 0 unspecified atom stereocenters. The number of aliphatic carboxylic acids is 1. The molecule has 2 heterocycles. The van der Waals surface area contributed by atoms with Crippen molar-refractivity contribution >= 4 is 50.6 Å². The summed E-state index contributed by atoms with van der Waals surface area (Å²) in [5.74, 6) is -2.66. The molecule has 1 saturated heterocycles. The van der Waals surface area contributed by atoms with Crippen molar-refractivity contribution in [2.45, 2.75) is 18.9 Å². The van der Waals surface area contributed by atoms with Crippen molar-refractivity contribution in [2.75, 3.05) is 31.3 Å². The Bertz CT molecular complexity index is 1090. The SMILES string of the molecule is CS(=O)(=O)N1CCC(Nc2cccc(-c3sc(C(=O)O)c(OCC(=O)O)c3Cl)c2)CC1. The van der Waals surface area contributed by atoms with Crippen LogP contribution in [0.2, 0.25) is 5.02 Å². The second kappa shape index (κ2) is 9.43. The standard InChI is InChI=1S/C19H21ClN2O7S2/c1-31(27,28)22-7-5-12(6-8-22)21-13-4-2-3-11(9-13)17-15(20)16(29-10-14(23)24)18(30-17)19(25)26/h2-4,9,12,21H,5-8,10H2,1H3,(H,23,24)(H,25,26). The van der Waals surface area contributed by atoms with Crippen LogP contribution in [0, 0.1) is 0 Å². The average molecular weight is 489 g/mol. The van der Waals surface area contributed by atoms with Crippen LogP contribution < -0.4 is 10.1 Å². The molecule has 1 aliphatic heterocycles. The normalized spacial score (nSPS) is 15.5. The number of halogens is 1. The predicted molar refractivity (Wildman–Crippen MR) is 118 cm³/mol. The average Bonchev–Trinajstić information content (AvgIpc) is 3.03. The smallest absolute Gasteiger partial charge is 0.349 e. The quantitative estimate of drug-likeness (QED) is 0.516. The van der Waals surface area contributed by atoms with Gasteiger partial charge >= 0.3 is 11.9 Å². The fourth-order valence-corrected chi connectivity index (χ4v) is 5.58. The zero-order valence-electron chi connectivity index (χ0n) is 16.5. The first-order chi connectivity index (χ1) is 14.6. The maximum atomic E-state index is 11.7. The van der Waals surface area contributed by atoms with Gasteiger partial charge in [-0.1, -0.05) is 23.7 Å². The van der Waals surface area contributed by atoms with Crippen LogP contribution in [-0.2, 0) is 14.8 Å². The number of rotatable bonds is 8. The number of carboxylic acid groups (broad SMARTS) is 2. The number of nitrogens with one attached hydrogen (secondary N) is 1. The van der Waals surface area contributed by atoms with E-state index in [0.717, 1.165) is 17.0 Å². The number of anilines is 1. The van der Waals surface area contributed by atoms with E-state index in [1.807, 2.05) is 12.1 Å². The fourth-order valence-electron chi connectivity index (χ4n) is 3.30. The molecule has 0 saturated carbocycles. The van der Waals surface area contributed by atoms with Gasteiger partial charge in [-0.15, -0.1) is 11.3 Å². The van der Waals surface area contributed by atoms with Gasteiger partial charge in [0.15, 0.2) is 17.2 Å². The van der Waals surface area contributed by atoms with E-state index in [4.69, 9.17) is 21.4 Å². The van der Waals surface area contributed by atoms with Crippen LogP contribution in [0.4, 0.5) is 5.69 Å². The number of hydrogen-bond acceptors (Lipinski definition) is 7. The highest BCUT2D eigenvalue weighted by molar-refractivity contribution is 7.88. The van der Waals surface area contributed by atoms with Gasteiger partial charge in [0.1, 0.15) is 5.02 Å². The van der Waals surface area contributed by atoms with E-state index in [0.29, 0.717) is 36.4 Å². The number of carbonyl (C=O) groups is 2. The van der Waals surface area contributed by atoms with Crippen molar-refractivity contribution < 1.29 is 33.0 Å². The minimum absolute atomic E-state index is 0.0438. The Morgan fingerprint density at radius 2 is 1.97 bits per heavy atom. The number of sulfonamides is 1. The third-order valence-corrected chi connectivity index (χ3v) is 7.75. The molecule has 1 aromatic carbocycles. The molecular weight excluding hydrogens is 468 g/mol. The second-order valence-electron chi connectivity index (χ2n) is 7.05. The van der Waals surface area contributed by atoms with Crippen LogP contribution in [-0.4, -0.2) is 66.9 Å². The van der Waals surface area contributed by atoms with Crippen molar-refractivity contribution in [3.63, 3.8) is 0 Å². The molecule has 3 rings (SSSR count). The molecule has 1 fully saturated rings. The number of thiophene rings is 1. The van der Waals surface area contributed by atoms with Crippen molar-refractivity contribution in [3.05, 3.63) is 34.2 Å². The van der Waals surface area contributed by atoms with E-state index in [1.165, 1.54) is 10.6 Å². The lowest BCUT2D eigenvalue weighted by atomic mass is 10.1. The van der Waals surface area contributed by atoms with Crippen molar-refractivity contribution in [1.29, 1.82) is 0 Å².